The molecule has 0 radical (unpaired) electrons. The minimum absolute atomic E-state index is 0.0913. The summed E-state index contributed by atoms with van der Waals surface area (Å²) in [6.07, 6.45) is 1.98. The van der Waals surface area contributed by atoms with Gasteiger partial charge < -0.3 is 15.0 Å². The SMILES string of the molecule is CCOc1ccccc1N(CCCC(=O)N(Cc1ccccc1C)C(CC)C(=O)NC(C)(C)C)S(C)(=O)=O. The smallest absolute Gasteiger partial charge is 0.243 e. The van der Waals surface area contributed by atoms with Crippen LogP contribution in [0.2, 0.25) is 0 Å². The van der Waals surface area contributed by atoms with Gasteiger partial charge >= 0.3 is 0 Å². The van der Waals surface area contributed by atoms with Gasteiger partial charge in [-0.15, -0.1) is 0 Å². The number of carbonyl (C=O) groups excluding carboxylic acids is 2. The van der Waals surface area contributed by atoms with Gasteiger partial charge in [-0.2, -0.15) is 0 Å². The van der Waals surface area contributed by atoms with E-state index in [-0.39, 0.29) is 31.2 Å². The summed E-state index contributed by atoms with van der Waals surface area (Å²) in [5.74, 6) is 0.0684. The predicted molar refractivity (Wildman–Crippen MR) is 153 cm³/mol. The molecule has 0 aliphatic rings. The van der Waals surface area contributed by atoms with Crippen LogP contribution in [0, 0.1) is 6.92 Å². The Kier molecular flexibility index (Phi) is 11.2. The molecule has 1 N–H and O–H groups in total. The van der Waals surface area contributed by atoms with E-state index in [4.69, 9.17) is 4.74 Å². The van der Waals surface area contributed by atoms with Gasteiger partial charge in [-0.25, -0.2) is 8.42 Å². The van der Waals surface area contributed by atoms with Crippen LogP contribution in [0.1, 0.15) is 65.0 Å². The van der Waals surface area contributed by atoms with Gasteiger partial charge in [0.05, 0.1) is 18.6 Å². The Morgan fingerprint density at radius 2 is 1.66 bits per heavy atom. The van der Waals surface area contributed by atoms with Crippen molar-refractivity contribution in [3.63, 3.8) is 0 Å². The summed E-state index contributed by atoms with van der Waals surface area (Å²) < 4.78 is 32.3. The molecule has 0 heterocycles. The molecule has 0 bridgehead atoms. The molecule has 0 aliphatic heterocycles. The van der Waals surface area contributed by atoms with Crippen molar-refractivity contribution < 1.29 is 22.7 Å². The summed E-state index contributed by atoms with van der Waals surface area (Å²) in [7, 11) is -3.62. The highest BCUT2D eigenvalue weighted by atomic mass is 32.2. The van der Waals surface area contributed by atoms with Gasteiger partial charge in [-0.05, 0) is 70.7 Å². The van der Waals surface area contributed by atoms with Crippen molar-refractivity contribution in [2.45, 2.75) is 78.9 Å². The first kappa shape index (κ1) is 31.1. The first-order valence-corrected chi connectivity index (χ1v) is 15.0. The van der Waals surface area contributed by atoms with E-state index in [2.05, 4.69) is 5.32 Å². The molecular weight excluding hydrogens is 502 g/mol. The summed E-state index contributed by atoms with van der Waals surface area (Å²) in [6.45, 7) is 12.2. The van der Waals surface area contributed by atoms with Crippen LogP contribution in [-0.4, -0.2) is 56.1 Å². The van der Waals surface area contributed by atoms with E-state index in [9.17, 15) is 18.0 Å². The van der Waals surface area contributed by atoms with Crippen LogP contribution < -0.4 is 14.4 Å². The summed E-state index contributed by atoms with van der Waals surface area (Å²) in [4.78, 5) is 28.4. The number of hydrogen-bond acceptors (Lipinski definition) is 5. The second-order valence-corrected chi connectivity index (χ2v) is 12.4. The molecule has 0 aromatic heterocycles. The number of para-hydroxylation sites is 2. The van der Waals surface area contributed by atoms with Crippen molar-refractivity contribution in [1.29, 1.82) is 0 Å². The predicted octanol–water partition coefficient (Wildman–Crippen LogP) is 4.66. The largest absolute Gasteiger partial charge is 0.492 e. The maximum atomic E-state index is 13.6. The Labute approximate surface area is 228 Å². The van der Waals surface area contributed by atoms with Gasteiger partial charge in [0.2, 0.25) is 21.8 Å². The van der Waals surface area contributed by atoms with Crippen molar-refractivity contribution in [2.75, 3.05) is 23.7 Å². The highest BCUT2D eigenvalue weighted by molar-refractivity contribution is 7.92. The number of sulfonamides is 1. The molecule has 2 aromatic rings. The van der Waals surface area contributed by atoms with Crippen LogP contribution >= 0.6 is 0 Å². The van der Waals surface area contributed by atoms with Gasteiger partial charge in [-0.1, -0.05) is 43.3 Å². The standard InChI is InChI=1S/C29H43N3O5S/c1-8-24(28(34)30-29(4,5)6)31(21-23-16-11-10-15-22(23)3)27(33)19-14-20-32(38(7,35)36)25-17-12-13-18-26(25)37-9-2/h10-13,15-18,24H,8-9,14,19-21H2,1-7H3,(H,30,34). The summed E-state index contributed by atoms with van der Waals surface area (Å²) in [6, 6.07) is 14.1. The van der Waals surface area contributed by atoms with E-state index >= 15 is 0 Å². The quantitative estimate of drug-likeness (QED) is 0.395. The lowest BCUT2D eigenvalue weighted by Gasteiger charge is -2.33. The molecule has 8 nitrogen and oxygen atoms in total. The number of ether oxygens (including phenoxy) is 1. The van der Waals surface area contributed by atoms with Crippen molar-refractivity contribution in [1.82, 2.24) is 10.2 Å². The number of benzene rings is 2. The Balaban J connectivity index is 2.29. The summed E-state index contributed by atoms with van der Waals surface area (Å²) >= 11 is 0. The average Bonchev–Trinajstić information content (AvgIpc) is 2.81. The van der Waals surface area contributed by atoms with Gasteiger partial charge in [0.15, 0.2) is 0 Å². The van der Waals surface area contributed by atoms with E-state index in [1.54, 1.807) is 29.2 Å². The van der Waals surface area contributed by atoms with Crippen LogP contribution in [-0.2, 0) is 26.2 Å². The molecule has 1 unspecified atom stereocenters. The summed E-state index contributed by atoms with van der Waals surface area (Å²) in [5, 5.41) is 3.01. The van der Waals surface area contributed by atoms with E-state index in [1.165, 1.54) is 4.31 Å². The molecule has 210 valence electrons. The fourth-order valence-corrected chi connectivity index (χ4v) is 5.24. The van der Waals surface area contributed by atoms with E-state index in [1.807, 2.05) is 65.8 Å². The highest BCUT2D eigenvalue weighted by Crippen LogP contribution is 2.30. The molecule has 0 fully saturated rings. The Morgan fingerprint density at radius 3 is 2.24 bits per heavy atom. The maximum Gasteiger partial charge on any atom is 0.243 e. The van der Waals surface area contributed by atoms with Crippen molar-refractivity contribution in [3.8, 4) is 5.75 Å². The number of hydrogen-bond donors (Lipinski definition) is 1. The molecule has 9 heteroatoms. The molecule has 2 amide bonds. The lowest BCUT2D eigenvalue weighted by atomic mass is 10.0. The number of rotatable bonds is 13. The second kappa shape index (κ2) is 13.6. The molecule has 1 atom stereocenters. The fourth-order valence-electron chi connectivity index (χ4n) is 4.27. The van der Waals surface area contributed by atoms with E-state index in [0.717, 1.165) is 17.4 Å². The van der Waals surface area contributed by atoms with Gasteiger partial charge in [0.1, 0.15) is 11.8 Å². The minimum Gasteiger partial charge on any atom is -0.492 e. The number of carbonyl (C=O) groups is 2. The third-order valence-corrected chi connectivity index (χ3v) is 7.25. The second-order valence-electron chi connectivity index (χ2n) is 10.5. The van der Waals surface area contributed by atoms with E-state index in [0.29, 0.717) is 31.0 Å². The normalized spacial score (nSPS) is 12.5. The topological polar surface area (TPSA) is 96.0 Å². The highest BCUT2D eigenvalue weighted by Gasteiger charge is 2.31. The molecule has 0 aliphatic carbocycles. The Morgan fingerprint density at radius 1 is 1.03 bits per heavy atom. The zero-order valence-corrected chi connectivity index (χ0v) is 24.6. The third-order valence-electron chi connectivity index (χ3n) is 6.07. The Hall–Kier alpha value is -3.07. The van der Waals surface area contributed by atoms with Crippen LogP contribution in [0.4, 0.5) is 5.69 Å². The number of nitrogens with zero attached hydrogens (tertiary/aromatic N) is 2. The number of nitrogens with one attached hydrogen (secondary N) is 1. The molecule has 2 aromatic carbocycles. The lowest BCUT2D eigenvalue weighted by Crippen LogP contribution is -2.53. The monoisotopic (exact) mass is 545 g/mol. The fraction of sp³-hybridized carbons (Fsp3) is 0.517. The van der Waals surface area contributed by atoms with Crippen molar-refractivity contribution >= 4 is 27.5 Å². The molecular formula is C29H43N3O5S. The molecule has 0 spiro atoms. The van der Waals surface area contributed by atoms with Crippen molar-refractivity contribution in [2.24, 2.45) is 0 Å². The zero-order valence-electron chi connectivity index (χ0n) is 23.8. The number of amides is 2. The number of aryl methyl sites for hydroxylation is 1. The van der Waals surface area contributed by atoms with Crippen LogP contribution in [0.25, 0.3) is 0 Å². The van der Waals surface area contributed by atoms with E-state index < -0.39 is 21.6 Å². The minimum atomic E-state index is -3.62. The average molecular weight is 546 g/mol. The van der Waals surface area contributed by atoms with Crippen LogP contribution in [0.5, 0.6) is 5.75 Å². The zero-order chi connectivity index (χ0) is 28.5. The number of anilines is 1. The van der Waals surface area contributed by atoms with Gasteiger partial charge in [0.25, 0.3) is 0 Å². The molecule has 0 saturated heterocycles. The van der Waals surface area contributed by atoms with Crippen molar-refractivity contribution in [3.05, 3.63) is 59.7 Å². The Bertz CT molecular complexity index is 1190. The maximum absolute atomic E-state index is 13.6. The molecule has 2 rings (SSSR count). The van der Waals surface area contributed by atoms with Gasteiger partial charge in [0, 0.05) is 25.0 Å². The lowest BCUT2D eigenvalue weighted by molar-refractivity contribution is -0.142. The third kappa shape index (κ3) is 9.04. The molecule has 38 heavy (non-hydrogen) atoms. The van der Waals surface area contributed by atoms with Gasteiger partial charge in [-0.3, -0.25) is 13.9 Å². The summed E-state index contributed by atoms with van der Waals surface area (Å²) in [5.41, 5.74) is 2.00. The van der Waals surface area contributed by atoms with Crippen LogP contribution in [0.3, 0.4) is 0 Å². The molecule has 0 saturated carbocycles. The van der Waals surface area contributed by atoms with Crippen LogP contribution in [0.15, 0.2) is 48.5 Å². The first-order chi connectivity index (χ1) is 17.8. The first-order valence-electron chi connectivity index (χ1n) is 13.1.